The third-order valence-corrected chi connectivity index (χ3v) is 4.77. The summed E-state index contributed by atoms with van der Waals surface area (Å²) in [6, 6.07) is 4.78. The molecule has 0 saturated carbocycles. The molecule has 5 heteroatoms. The van der Waals surface area contributed by atoms with Crippen molar-refractivity contribution < 1.29 is 9.53 Å². The van der Waals surface area contributed by atoms with Gasteiger partial charge in [-0.05, 0) is 42.6 Å². The molecule has 0 radical (unpaired) electrons. The molecular formula is C19H27Cl3O2. The largest absolute Gasteiger partial charge is 0.475 e. The summed E-state index contributed by atoms with van der Waals surface area (Å²) in [6.07, 6.45) is 12.3. The highest BCUT2D eigenvalue weighted by Gasteiger charge is 2.11. The van der Waals surface area contributed by atoms with Crippen LogP contribution < -0.4 is 4.74 Å². The monoisotopic (exact) mass is 392 g/mol. The zero-order valence-corrected chi connectivity index (χ0v) is 16.6. The maximum absolute atomic E-state index is 11.1. The Hall–Kier alpha value is -0.440. The van der Waals surface area contributed by atoms with Gasteiger partial charge in [0.15, 0.2) is 5.56 Å². The Bertz CT molecular complexity index is 492. The molecule has 0 N–H and O–H groups in total. The molecule has 0 aliphatic heterocycles. The van der Waals surface area contributed by atoms with Gasteiger partial charge in [-0.15, -0.1) is 0 Å². The Morgan fingerprint density at radius 3 is 2.17 bits per heavy atom. The minimum absolute atomic E-state index is 0.274. The van der Waals surface area contributed by atoms with Crippen LogP contribution in [0, 0.1) is 0 Å². The molecule has 0 bridgehead atoms. The lowest BCUT2D eigenvalue weighted by Crippen LogP contribution is -2.08. The van der Waals surface area contributed by atoms with Crippen molar-refractivity contribution in [3.05, 3.63) is 28.8 Å². The van der Waals surface area contributed by atoms with E-state index < -0.39 is 5.24 Å². The second-order valence-corrected chi connectivity index (χ2v) is 7.30. The highest BCUT2D eigenvalue weighted by molar-refractivity contribution is 6.68. The van der Waals surface area contributed by atoms with Crippen molar-refractivity contribution in [3.8, 4) is 5.75 Å². The first kappa shape index (κ1) is 21.6. The van der Waals surface area contributed by atoms with Gasteiger partial charge in [0.2, 0.25) is 0 Å². The summed E-state index contributed by atoms with van der Waals surface area (Å²) < 4.78 is 5.63. The molecule has 2 nitrogen and oxygen atoms in total. The molecule has 1 aromatic rings. The smallest absolute Gasteiger partial charge is 0.253 e. The maximum Gasteiger partial charge on any atom is 0.253 e. The van der Waals surface area contributed by atoms with E-state index in [1.165, 1.54) is 51.4 Å². The number of alkyl halides is 1. The first-order chi connectivity index (χ1) is 11.5. The Kier molecular flexibility index (Phi) is 11.6. The van der Waals surface area contributed by atoms with Crippen molar-refractivity contribution in [1.29, 1.82) is 0 Å². The highest BCUT2D eigenvalue weighted by atomic mass is 35.5. The Morgan fingerprint density at radius 2 is 1.62 bits per heavy atom. The molecule has 0 amide bonds. The third kappa shape index (κ3) is 9.15. The summed E-state index contributed by atoms with van der Waals surface area (Å²) in [6.45, 7) is 2.24. The molecule has 1 rings (SSSR count). The third-order valence-electron chi connectivity index (χ3n) is 3.95. The summed E-state index contributed by atoms with van der Waals surface area (Å²) in [5.74, 6) is 0.553. The number of hydrogen-bond acceptors (Lipinski definition) is 2. The first-order valence-corrected chi connectivity index (χ1v) is 10.0. The van der Waals surface area contributed by atoms with E-state index >= 15 is 0 Å². The topological polar surface area (TPSA) is 26.3 Å². The van der Waals surface area contributed by atoms with Crippen LogP contribution in [0.25, 0.3) is 0 Å². The normalized spacial score (nSPS) is 12.2. The van der Waals surface area contributed by atoms with Crippen LogP contribution in [-0.2, 0) is 0 Å². The van der Waals surface area contributed by atoms with Gasteiger partial charge in [0, 0.05) is 0 Å². The number of carbonyl (C=O) groups is 1. The van der Waals surface area contributed by atoms with Crippen molar-refractivity contribution in [3.63, 3.8) is 0 Å². The number of rotatable bonds is 13. The molecule has 24 heavy (non-hydrogen) atoms. The lowest BCUT2D eigenvalue weighted by molar-refractivity contribution is 0.108. The van der Waals surface area contributed by atoms with Crippen LogP contribution >= 0.6 is 34.8 Å². The van der Waals surface area contributed by atoms with Gasteiger partial charge >= 0.3 is 0 Å². The van der Waals surface area contributed by atoms with Gasteiger partial charge in [0.05, 0.1) is 10.6 Å². The standard InChI is InChI=1S/C19H27Cl3O2/c1-2-3-4-5-6-7-8-9-10-11-18(21)24-15-12-13-16(19(22)23)17(20)14-15/h12-14,18H,2-11H2,1H3. The van der Waals surface area contributed by atoms with Crippen LogP contribution in [0.15, 0.2) is 18.2 Å². The van der Waals surface area contributed by atoms with E-state index in [1.54, 1.807) is 18.2 Å². The minimum Gasteiger partial charge on any atom is -0.475 e. The van der Waals surface area contributed by atoms with Crippen LogP contribution in [0.1, 0.15) is 81.5 Å². The molecule has 0 spiro atoms. The van der Waals surface area contributed by atoms with E-state index in [-0.39, 0.29) is 16.1 Å². The van der Waals surface area contributed by atoms with Crippen molar-refractivity contribution in [1.82, 2.24) is 0 Å². The van der Waals surface area contributed by atoms with Crippen molar-refractivity contribution in [2.75, 3.05) is 0 Å². The second-order valence-electron chi connectivity index (χ2n) is 6.06. The fourth-order valence-corrected chi connectivity index (χ4v) is 3.28. The average Bonchev–Trinajstić information content (AvgIpc) is 2.53. The molecule has 0 aliphatic rings. The van der Waals surface area contributed by atoms with Crippen LogP contribution in [0.4, 0.5) is 0 Å². The van der Waals surface area contributed by atoms with Crippen molar-refractivity contribution >= 4 is 40.0 Å². The van der Waals surface area contributed by atoms with E-state index in [0.717, 1.165) is 12.8 Å². The van der Waals surface area contributed by atoms with Gasteiger partial charge in [-0.25, -0.2) is 0 Å². The number of hydrogen-bond donors (Lipinski definition) is 0. The molecule has 0 aromatic heterocycles. The van der Waals surface area contributed by atoms with E-state index in [1.807, 2.05) is 0 Å². The number of unbranched alkanes of at least 4 members (excludes halogenated alkanes) is 8. The van der Waals surface area contributed by atoms with Gasteiger partial charge in [0.1, 0.15) is 5.75 Å². The second kappa shape index (κ2) is 12.9. The molecule has 0 saturated heterocycles. The lowest BCUT2D eigenvalue weighted by atomic mass is 10.1. The predicted molar refractivity (Wildman–Crippen MR) is 104 cm³/mol. The van der Waals surface area contributed by atoms with Gasteiger partial charge in [-0.2, -0.15) is 0 Å². The van der Waals surface area contributed by atoms with Crippen LogP contribution in [0.3, 0.4) is 0 Å². The molecular weight excluding hydrogens is 367 g/mol. The van der Waals surface area contributed by atoms with Crippen LogP contribution in [-0.4, -0.2) is 10.8 Å². The number of halogens is 3. The molecule has 1 aromatic carbocycles. The lowest BCUT2D eigenvalue weighted by Gasteiger charge is -2.13. The molecule has 0 fully saturated rings. The maximum atomic E-state index is 11.1. The zero-order chi connectivity index (χ0) is 17.8. The summed E-state index contributed by atoms with van der Waals surface area (Å²) in [7, 11) is 0. The molecule has 0 heterocycles. The van der Waals surface area contributed by atoms with E-state index in [9.17, 15) is 4.79 Å². The fraction of sp³-hybridized carbons (Fsp3) is 0.632. The molecule has 0 aliphatic carbocycles. The van der Waals surface area contributed by atoms with Crippen LogP contribution in [0.5, 0.6) is 5.75 Å². The predicted octanol–water partition coefficient (Wildman–Crippen LogP) is 7.58. The van der Waals surface area contributed by atoms with Gasteiger partial charge in [-0.3, -0.25) is 4.79 Å². The number of carbonyl (C=O) groups excluding carboxylic acids is 1. The molecule has 1 unspecified atom stereocenters. The molecule has 136 valence electrons. The highest BCUT2D eigenvalue weighted by Crippen LogP contribution is 2.26. The Morgan fingerprint density at radius 1 is 1.04 bits per heavy atom. The average molecular weight is 394 g/mol. The van der Waals surface area contributed by atoms with Gasteiger partial charge in [-0.1, -0.05) is 81.5 Å². The minimum atomic E-state index is -0.580. The summed E-state index contributed by atoms with van der Waals surface area (Å²) in [5.41, 5.74) is -0.112. The van der Waals surface area contributed by atoms with Crippen molar-refractivity contribution in [2.24, 2.45) is 0 Å². The van der Waals surface area contributed by atoms with E-state index in [2.05, 4.69) is 6.92 Å². The fourth-order valence-electron chi connectivity index (χ4n) is 2.55. The van der Waals surface area contributed by atoms with E-state index in [4.69, 9.17) is 39.5 Å². The van der Waals surface area contributed by atoms with Crippen molar-refractivity contribution in [2.45, 2.75) is 76.7 Å². The number of benzene rings is 1. The SMILES string of the molecule is CCCCCCCCCCCC(Cl)Oc1ccc(C(=O)Cl)c(Cl)c1. The Balaban J connectivity index is 2.15. The summed E-state index contributed by atoms with van der Waals surface area (Å²) in [4.78, 5) is 11.1. The van der Waals surface area contributed by atoms with Crippen LogP contribution in [0.2, 0.25) is 5.02 Å². The molecule has 1 atom stereocenters. The summed E-state index contributed by atoms with van der Waals surface area (Å²) in [5, 5.41) is -0.303. The Labute approximate surface area is 160 Å². The zero-order valence-electron chi connectivity index (χ0n) is 14.3. The summed E-state index contributed by atoms with van der Waals surface area (Å²) >= 11 is 17.6. The quantitative estimate of drug-likeness (QED) is 0.196. The first-order valence-electron chi connectivity index (χ1n) is 8.84. The van der Waals surface area contributed by atoms with Gasteiger partial charge in [0.25, 0.3) is 5.24 Å². The van der Waals surface area contributed by atoms with Gasteiger partial charge < -0.3 is 4.74 Å². The van der Waals surface area contributed by atoms with E-state index in [0.29, 0.717) is 5.75 Å². The number of ether oxygens (including phenoxy) is 1.